The molecular formula is C18H16ClN3OS. The van der Waals surface area contributed by atoms with E-state index in [1.165, 1.54) is 16.9 Å². The van der Waals surface area contributed by atoms with Gasteiger partial charge in [-0.2, -0.15) is 0 Å². The summed E-state index contributed by atoms with van der Waals surface area (Å²) in [6.07, 6.45) is 0.931. The lowest BCUT2D eigenvalue weighted by atomic mass is 10.0. The number of nitrogens with zero attached hydrogens (tertiary/aromatic N) is 2. The van der Waals surface area contributed by atoms with Gasteiger partial charge in [0.1, 0.15) is 9.71 Å². The fourth-order valence-corrected chi connectivity index (χ4v) is 4.22. The molecule has 0 spiro atoms. The Bertz CT molecular complexity index is 949. The number of fused-ring (bicyclic) bond motifs is 2. The Morgan fingerprint density at radius 2 is 2.08 bits per heavy atom. The largest absolute Gasteiger partial charge is 0.397 e. The summed E-state index contributed by atoms with van der Waals surface area (Å²) in [7, 11) is 2.10. The third kappa shape index (κ3) is 2.59. The lowest BCUT2D eigenvalue weighted by molar-refractivity contribution is 0.104. The number of ketones is 1. The van der Waals surface area contributed by atoms with Gasteiger partial charge in [-0.1, -0.05) is 11.6 Å². The van der Waals surface area contributed by atoms with Crippen LogP contribution < -0.4 is 5.73 Å². The number of thiophene rings is 1. The van der Waals surface area contributed by atoms with Gasteiger partial charge in [-0.25, -0.2) is 4.98 Å². The van der Waals surface area contributed by atoms with E-state index in [0.717, 1.165) is 35.4 Å². The number of nitrogen functional groups attached to an aromatic ring is 1. The van der Waals surface area contributed by atoms with Crippen LogP contribution in [0.4, 0.5) is 5.69 Å². The highest BCUT2D eigenvalue weighted by Gasteiger charge is 2.22. The first-order valence-electron chi connectivity index (χ1n) is 7.72. The van der Waals surface area contributed by atoms with Crippen molar-refractivity contribution in [3.8, 4) is 0 Å². The summed E-state index contributed by atoms with van der Waals surface area (Å²) in [5.74, 6) is -0.0812. The Hall–Kier alpha value is -1.95. The van der Waals surface area contributed by atoms with Crippen molar-refractivity contribution in [2.45, 2.75) is 13.0 Å². The van der Waals surface area contributed by atoms with E-state index in [4.69, 9.17) is 22.3 Å². The predicted molar refractivity (Wildman–Crippen MR) is 99.0 cm³/mol. The Kier molecular flexibility index (Phi) is 3.79. The van der Waals surface area contributed by atoms with Crippen LogP contribution in [-0.4, -0.2) is 29.3 Å². The number of carbonyl (C=O) groups is 1. The van der Waals surface area contributed by atoms with E-state index in [0.29, 0.717) is 21.2 Å². The minimum absolute atomic E-state index is 0.0812. The molecule has 6 heteroatoms. The quantitative estimate of drug-likeness (QED) is 0.709. The van der Waals surface area contributed by atoms with Gasteiger partial charge in [-0.05, 0) is 42.9 Å². The Morgan fingerprint density at radius 1 is 1.33 bits per heavy atom. The number of hydrogen-bond donors (Lipinski definition) is 1. The van der Waals surface area contributed by atoms with Crippen molar-refractivity contribution < 1.29 is 4.79 Å². The molecule has 2 aromatic heterocycles. The minimum Gasteiger partial charge on any atom is -0.397 e. The van der Waals surface area contributed by atoms with Gasteiger partial charge in [0.15, 0.2) is 0 Å². The summed E-state index contributed by atoms with van der Waals surface area (Å²) in [6, 6.07) is 8.97. The van der Waals surface area contributed by atoms with Crippen LogP contribution in [0.1, 0.15) is 26.5 Å². The van der Waals surface area contributed by atoms with Crippen molar-refractivity contribution in [2.75, 3.05) is 19.3 Å². The van der Waals surface area contributed by atoms with E-state index in [1.807, 2.05) is 0 Å². The molecule has 24 heavy (non-hydrogen) atoms. The van der Waals surface area contributed by atoms with Crippen LogP contribution in [0.25, 0.3) is 10.2 Å². The molecule has 122 valence electrons. The first kappa shape index (κ1) is 15.6. The van der Waals surface area contributed by atoms with E-state index < -0.39 is 0 Å². The van der Waals surface area contributed by atoms with Gasteiger partial charge in [0.25, 0.3) is 0 Å². The SMILES string of the molecule is CN1CCc2nc3sc(C(=O)c4ccc(Cl)cc4)c(N)c3cc2C1. The highest BCUT2D eigenvalue weighted by molar-refractivity contribution is 7.21. The van der Waals surface area contributed by atoms with Crippen LogP contribution in [0.15, 0.2) is 30.3 Å². The second-order valence-electron chi connectivity index (χ2n) is 6.12. The molecule has 4 rings (SSSR count). The summed E-state index contributed by atoms with van der Waals surface area (Å²) >= 11 is 7.27. The molecule has 0 bridgehead atoms. The molecule has 0 fully saturated rings. The predicted octanol–water partition coefficient (Wildman–Crippen LogP) is 3.75. The Balaban J connectivity index is 1.80. The normalized spacial score (nSPS) is 14.8. The molecule has 0 aliphatic carbocycles. The van der Waals surface area contributed by atoms with Crippen molar-refractivity contribution in [2.24, 2.45) is 0 Å². The second-order valence-corrected chi connectivity index (χ2v) is 7.55. The Morgan fingerprint density at radius 3 is 2.83 bits per heavy atom. The number of hydrogen-bond acceptors (Lipinski definition) is 5. The molecule has 1 aliphatic heterocycles. The molecule has 0 saturated carbocycles. The highest BCUT2D eigenvalue weighted by atomic mass is 35.5. The van der Waals surface area contributed by atoms with Gasteiger partial charge in [0, 0.05) is 41.2 Å². The van der Waals surface area contributed by atoms with Crippen molar-refractivity contribution >= 4 is 44.6 Å². The zero-order chi connectivity index (χ0) is 16.8. The first-order valence-corrected chi connectivity index (χ1v) is 8.92. The molecule has 0 unspecified atom stereocenters. The number of aromatic nitrogens is 1. The summed E-state index contributed by atoms with van der Waals surface area (Å²) in [5.41, 5.74) is 9.71. The topological polar surface area (TPSA) is 59.2 Å². The number of nitrogens with two attached hydrogens (primary N) is 1. The number of pyridine rings is 1. The molecule has 2 N–H and O–H groups in total. The maximum Gasteiger partial charge on any atom is 0.205 e. The van der Waals surface area contributed by atoms with Gasteiger partial charge >= 0.3 is 0 Å². The summed E-state index contributed by atoms with van der Waals surface area (Å²) in [6.45, 7) is 1.87. The monoisotopic (exact) mass is 357 g/mol. The lowest BCUT2D eigenvalue weighted by Gasteiger charge is -2.24. The summed E-state index contributed by atoms with van der Waals surface area (Å²) < 4.78 is 0. The van der Waals surface area contributed by atoms with E-state index in [9.17, 15) is 4.79 Å². The number of rotatable bonds is 2. The number of anilines is 1. The smallest absolute Gasteiger partial charge is 0.205 e. The van der Waals surface area contributed by atoms with E-state index in [-0.39, 0.29) is 5.78 Å². The minimum atomic E-state index is -0.0812. The van der Waals surface area contributed by atoms with Crippen LogP contribution >= 0.6 is 22.9 Å². The van der Waals surface area contributed by atoms with Gasteiger partial charge < -0.3 is 10.6 Å². The molecule has 3 aromatic rings. The lowest BCUT2D eigenvalue weighted by Crippen LogP contribution is -2.27. The van der Waals surface area contributed by atoms with Crippen LogP contribution in [0, 0.1) is 0 Å². The van der Waals surface area contributed by atoms with Gasteiger partial charge in [0.2, 0.25) is 5.78 Å². The standard InChI is InChI=1S/C18H16ClN3OS/c1-22-7-6-14-11(9-22)8-13-15(20)17(24-18(13)21-14)16(23)10-2-4-12(19)5-3-10/h2-5,8H,6-7,9,20H2,1H3. The number of carbonyl (C=O) groups excluding carboxylic acids is 1. The average molecular weight is 358 g/mol. The van der Waals surface area contributed by atoms with Crippen molar-refractivity contribution in [1.82, 2.24) is 9.88 Å². The van der Waals surface area contributed by atoms with Gasteiger partial charge in [0.05, 0.1) is 5.69 Å². The third-order valence-electron chi connectivity index (χ3n) is 4.37. The number of likely N-dealkylation sites (N-methyl/N-ethyl adjacent to an activating group) is 1. The maximum atomic E-state index is 12.8. The van der Waals surface area contributed by atoms with Crippen molar-refractivity contribution in [1.29, 1.82) is 0 Å². The van der Waals surface area contributed by atoms with Crippen LogP contribution in [0.5, 0.6) is 0 Å². The van der Waals surface area contributed by atoms with Crippen molar-refractivity contribution in [3.63, 3.8) is 0 Å². The van der Waals surface area contributed by atoms with Crippen LogP contribution in [0.2, 0.25) is 5.02 Å². The zero-order valence-corrected chi connectivity index (χ0v) is 14.7. The van der Waals surface area contributed by atoms with Crippen LogP contribution in [-0.2, 0) is 13.0 Å². The molecule has 0 amide bonds. The third-order valence-corrected chi connectivity index (χ3v) is 5.74. The van der Waals surface area contributed by atoms with E-state index >= 15 is 0 Å². The maximum absolute atomic E-state index is 12.8. The zero-order valence-electron chi connectivity index (χ0n) is 13.2. The second kappa shape index (κ2) is 5.84. The van der Waals surface area contributed by atoms with Crippen molar-refractivity contribution in [3.05, 3.63) is 57.1 Å². The van der Waals surface area contributed by atoms with Crippen LogP contribution in [0.3, 0.4) is 0 Å². The molecule has 4 nitrogen and oxygen atoms in total. The fraction of sp³-hybridized carbons (Fsp3) is 0.222. The molecular weight excluding hydrogens is 342 g/mol. The van der Waals surface area contributed by atoms with E-state index in [2.05, 4.69) is 18.0 Å². The highest BCUT2D eigenvalue weighted by Crippen LogP contribution is 2.36. The molecule has 0 atom stereocenters. The summed E-state index contributed by atoms with van der Waals surface area (Å²) in [4.78, 5) is 21.2. The van der Waals surface area contributed by atoms with Gasteiger partial charge in [-0.3, -0.25) is 4.79 Å². The molecule has 3 heterocycles. The molecule has 0 radical (unpaired) electrons. The fourth-order valence-electron chi connectivity index (χ4n) is 3.04. The summed E-state index contributed by atoms with van der Waals surface area (Å²) in [5, 5.41) is 1.49. The van der Waals surface area contributed by atoms with Gasteiger partial charge in [-0.15, -0.1) is 11.3 Å². The molecule has 1 aromatic carbocycles. The molecule has 1 aliphatic rings. The molecule has 0 saturated heterocycles. The van der Waals surface area contributed by atoms with E-state index in [1.54, 1.807) is 24.3 Å². The number of halogens is 1. The number of benzene rings is 1. The average Bonchev–Trinajstić information content (AvgIpc) is 2.89. The Labute approximate surface area is 148 Å². The first-order chi connectivity index (χ1) is 11.5.